The topological polar surface area (TPSA) is 95.2 Å². The fourth-order valence-electron chi connectivity index (χ4n) is 2.72. The van der Waals surface area contributed by atoms with Crippen molar-refractivity contribution in [3.05, 3.63) is 83.6 Å². The number of ether oxygens (including phenoxy) is 1. The Morgan fingerprint density at radius 3 is 2.62 bits per heavy atom. The predicted molar refractivity (Wildman–Crippen MR) is 109 cm³/mol. The number of hydrogen-bond acceptors (Lipinski definition) is 5. The molecule has 0 fully saturated rings. The van der Waals surface area contributed by atoms with Crippen molar-refractivity contribution in [2.45, 2.75) is 25.9 Å². The highest BCUT2D eigenvalue weighted by Crippen LogP contribution is 2.27. The Kier molecular flexibility index (Phi) is 5.91. The molecule has 2 aromatic carbocycles. The zero-order chi connectivity index (χ0) is 20.9. The first kappa shape index (κ1) is 20.1. The van der Waals surface area contributed by atoms with Crippen LogP contribution in [0.15, 0.2) is 66.9 Å². The van der Waals surface area contributed by atoms with Crippen LogP contribution in [-0.2, 0) is 16.8 Å². The van der Waals surface area contributed by atoms with Gasteiger partial charge in [0.05, 0.1) is 23.7 Å². The quantitative estimate of drug-likeness (QED) is 0.662. The standard InChI is InChI=1S/C23H21N3O3/c1-23(2,28)18-10-8-16(9-11-18)14-21(27)26-20-7-4-12-25-22(20)29-19-6-3-5-17(13-19)15-24/h3-13,28H,14H2,1-2H3,(H,26,27). The van der Waals surface area contributed by atoms with Crippen LogP contribution in [0, 0.1) is 11.3 Å². The number of nitrogens with one attached hydrogen (secondary N) is 1. The molecule has 2 N–H and O–H groups in total. The molecule has 3 rings (SSSR count). The lowest BCUT2D eigenvalue weighted by Gasteiger charge is -2.17. The van der Waals surface area contributed by atoms with Crippen LogP contribution in [0.3, 0.4) is 0 Å². The van der Waals surface area contributed by atoms with E-state index in [1.165, 1.54) is 0 Å². The van der Waals surface area contributed by atoms with E-state index in [0.29, 0.717) is 17.0 Å². The Morgan fingerprint density at radius 2 is 1.93 bits per heavy atom. The molecule has 6 nitrogen and oxygen atoms in total. The molecule has 1 amide bonds. The number of pyridine rings is 1. The van der Waals surface area contributed by atoms with Crippen LogP contribution in [0.1, 0.15) is 30.5 Å². The van der Waals surface area contributed by atoms with Crippen molar-refractivity contribution in [2.75, 3.05) is 5.32 Å². The number of anilines is 1. The van der Waals surface area contributed by atoms with Crippen LogP contribution >= 0.6 is 0 Å². The normalized spacial score (nSPS) is 10.8. The number of rotatable bonds is 6. The Bertz CT molecular complexity index is 1050. The number of benzene rings is 2. The largest absolute Gasteiger partial charge is 0.437 e. The number of aromatic nitrogens is 1. The van der Waals surface area contributed by atoms with E-state index in [2.05, 4.69) is 16.4 Å². The second-order valence-corrected chi connectivity index (χ2v) is 7.08. The van der Waals surface area contributed by atoms with Gasteiger partial charge in [-0.05, 0) is 55.3 Å². The minimum Gasteiger partial charge on any atom is -0.437 e. The molecule has 0 saturated carbocycles. The lowest BCUT2D eigenvalue weighted by Crippen LogP contribution is -2.17. The molecule has 0 aliphatic heterocycles. The van der Waals surface area contributed by atoms with Gasteiger partial charge in [-0.3, -0.25) is 4.79 Å². The lowest BCUT2D eigenvalue weighted by atomic mass is 9.97. The highest BCUT2D eigenvalue weighted by Gasteiger charge is 2.16. The second-order valence-electron chi connectivity index (χ2n) is 7.08. The third-order valence-corrected chi connectivity index (χ3v) is 4.25. The molecule has 0 bridgehead atoms. The van der Waals surface area contributed by atoms with Gasteiger partial charge in [-0.2, -0.15) is 5.26 Å². The zero-order valence-corrected chi connectivity index (χ0v) is 16.2. The summed E-state index contributed by atoms with van der Waals surface area (Å²) in [6, 6.07) is 19.4. The van der Waals surface area contributed by atoms with Gasteiger partial charge in [0.25, 0.3) is 0 Å². The minimum absolute atomic E-state index is 0.171. The predicted octanol–water partition coefficient (Wildman–Crippen LogP) is 4.15. The molecule has 0 unspecified atom stereocenters. The maximum Gasteiger partial charge on any atom is 0.243 e. The van der Waals surface area contributed by atoms with Gasteiger partial charge in [0.1, 0.15) is 11.4 Å². The van der Waals surface area contributed by atoms with E-state index in [9.17, 15) is 9.90 Å². The van der Waals surface area contributed by atoms with Crippen molar-refractivity contribution in [1.29, 1.82) is 5.26 Å². The fourth-order valence-corrected chi connectivity index (χ4v) is 2.72. The van der Waals surface area contributed by atoms with Gasteiger partial charge in [0, 0.05) is 6.20 Å². The molecule has 0 saturated heterocycles. The van der Waals surface area contributed by atoms with Crippen LogP contribution in [-0.4, -0.2) is 16.0 Å². The summed E-state index contributed by atoms with van der Waals surface area (Å²) in [5.74, 6) is 0.485. The number of nitrogens with zero attached hydrogens (tertiary/aromatic N) is 2. The number of aliphatic hydroxyl groups is 1. The summed E-state index contributed by atoms with van der Waals surface area (Å²) in [7, 11) is 0. The highest BCUT2D eigenvalue weighted by molar-refractivity contribution is 5.93. The first-order valence-corrected chi connectivity index (χ1v) is 9.10. The van der Waals surface area contributed by atoms with E-state index in [-0.39, 0.29) is 18.2 Å². The monoisotopic (exact) mass is 387 g/mol. The van der Waals surface area contributed by atoms with E-state index in [4.69, 9.17) is 10.00 Å². The van der Waals surface area contributed by atoms with E-state index in [1.807, 2.05) is 24.3 Å². The van der Waals surface area contributed by atoms with Crippen molar-refractivity contribution in [1.82, 2.24) is 4.98 Å². The van der Waals surface area contributed by atoms with E-state index >= 15 is 0 Å². The average Bonchev–Trinajstić information content (AvgIpc) is 2.69. The Labute approximate surface area is 169 Å². The Hall–Kier alpha value is -3.69. The van der Waals surface area contributed by atoms with E-state index < -0.39 is 5.60 Å². The SMILES string of the molecule is CC(C)(O)c1ccc(CC(=O)Nc2cccnc2Oc2cccc(C#N)c2)cc1. The molecule has 1 aromatic heterocycles. The zero-order valence-electron chi connectivity index (χ0n) is 16.2. The Morgan fingerprint density at radius 1 is 1.17 bits per heavy atom. The summed E-state index contributed by atoms with van der Waals surface area (Å²) < 4.78 is 5.75. The third-order valence-electron chi connectivity index (χ3n) is 4.25. The molecule has 1 heterocycles. The molecule has 0 radical (unpaired) electrons. The molecular weight excluding hydrogens is 366 g/mol. The van der Waals surface area contributed by atoms with Gasteiger partial charge in [0.15, 0.2) is 0 Å². The summed E-state index contributed by atoms with van der Waals surface area (Å²) in [5, 5.41) is 21.8. The summed E-state index contributed by atoms with van der Waals surface area (Å²) in [6.45, 7) is 3.43. The van der Waals surface area contributed by atoms with Gasteiger partial charge in [0.2, 0.25) is 11.8 Å². The molecule has 6 heteroatoms. The average molecular weight is 387 g/mol. The van der Waals surface area contributed by atoms with Crippen molar-refractivity contribution >= 4 is 11.6 Å². The summed E-state index contributed by atoms with van der Waals surface area (Å²) in [4.78, 5) is 16.7. The van der Waals surface area contributed by atoms with Crippen LogP contribution < -0.4 is 10.1 Å². The number of nitriles is 1. The highest BCUT2D eigenvalue weighted by atomic mass is 16.5. The molecule has 0 spiro atoms. The number of amides is 1. The van der Waals surface area contributed by atoms with Crippen molar-refractivity contribution in [3.8, 4) is 17.7 Å². The fraction of sp³-hybridized carbons (Fsp3) is 0.174. The third kappa shape index (κ3) is 5.41. The molecular formula is C23H21N3O3. The summed E-state index contributed by atoms with van der Waals surface area (Å²) >= 11 is 0. The number of carbonyl (C=O) groups excluding carboxylic acids is 1. The molecule has 0 aliphatic carbocycles. The van der Waals surface area contributed by atoms with Gasteiger partial charge in [-0.25, -0.2) is 4.98 Å². The number of carbonyl (C=O) groups is 1. The Balaban J connectivity index is 1.70. The second kappa shape index (κ2) is 8.55. The lowest BCUT2D eigenvalue weighted by molar-refractivity contribution is -0.115. The van der Waals surface area contributed by atoms with Crippen molar-refractivity contribution in [2.24, 2.45) is 0 Å². The first-order valence-electron chi connectivity index (χ1n) is 9.10. The minimum atomic E-state index is -0.925. The maximum absolute atomic E-state index is 12.5. The van der Waals surface area contributed by atoms with Crippen LogP contribution in [0.2, 0.25) is 0 Å². The maximum atomic E-state index is 12.5. The molecule has 146 valence electrons. The number of hydrogen-bond donors (Lipinski definition) is 2. The molecule has 29 heavy (non-hydrogen) atoms. The van der Waals surface area contributed by atoms with Crippen molar-refractivity contribution < 1.29 is 14.6 Å². The molecule has 0 aliphatic rings. The van der Waals surface area contributed by atoms with Gasteiger partial charge in [-0.15, -0.1) is 0 Å². The smallest absolute Gasteiger partial charge is 0.243 e. The van der Waals surface area contributed by atoms with Crippen molar-refractivity contribution in [3.63, 3.8) is 0 Å². The summed E-state index contributed by atoms with van der Waals surface area (Å²) in [5.41, 5.74) is 1.59. The van der Waals surface area contributed by atoms with Crippen LogP contribution in [0.25, 0.3) is 0 Å². The van der Waals surface area contributed by atoms with Crippen LogP contribution in [0.4, 0.5) is 5.69 Å². The summed E-state index contributed by atoms with van der Waals surface area (Å²) in [6.07, 6.45) is 1.74. The molecule has 0 atom stereocenters. The van der Waals surface area contributed by atoms with Crippen LogP contribution in [0.5, 0.6) is 11.6 Å². The first-order chi connectivity index (χ1) is 13.8. The van der Waals surface area contributed by atoms with Gasteiger partial charge >= 0.3 is 0 Å². The van der Waals surface area contributed by atoms with E-state index in [1.54, 1.807) is 56.4 Å². The van der Waals surface area contributed by atoms with E-state index in [0.717, 1.165) is 11.1 Å². The van der Waals surface area contributed by atoms with Gasteiger partial charge in [-0.1, -0.05) is 30.3 Å². The molecule has 3 aromatic rings. The van der Waals surface area contributed by atoms with Gasteiger partial charge < -0.3 is 15.2 Å².